The van der Waals surface area contributed by atoms with Crippen LogP contribution in [-0.2, 0) is 4.74 Å². The van der Waals surface area contributed by atoms with E-state index in [4.69, 9.17) is 9.47 Å². The molecule has 0 unspecified atom stereocenters. The van der Waals surface area contributed by atoms with E-state index in [9.17, 15) is 4.39 Å². The Labute approximate surface area is 94.6 Å². The molecule has 1 N–H and O–H groups in total. The lowest BCUT2D eigenvalue weighted by atomic mass is 10.1. The molecule has 0 spiro atoms. The van der Waals surface area contributed by atoms with E-state index in [-0.39, 0.29) is 5.82 Å². The summed E-state index contributed by atoms with van der Waals surface area (Å²) in [6.45, 7) is 1.52. The van der Waals surface area contributed by atoms with E-state index in [0.717, 1.165) is 31.7 Å². The molecule has 0 saturated carbocycles. The second-order valence-electron chi connectivity index (χ2n) is 3.88. The third-order valence-corrected chi connectivity index (χ3v) is 2.74. The fourth-order valence-corrected chi connectivity index (χ4v) is 1.85. The molecule has 1 aromatic rings. The lowest BCUT2D eigenvalue weighted by molar-refractivity contribution is 0.0904. The van der Waals surface area contributed by atoms with Crippen LogP contribution < -0.4 is 10.1 Å². The monoisotopic (exact) mass is 225 g/mol. The molecule has 0 radical (unpaired) electrons. The van der Waals surface area contributed by atoms with Crippen LogP contribution in [0.15, 0.2) is 18.2 Å². The molecule has 4 heteroatoms. The van der Waals surface area contributed by atoms with Crippen LogP contribution in [-0.4, -0.2) is 26.4 Å². The normalized spacial score (nSPS) is 17.1. The molecule has 1 aromatic carbocycles. The highest BCUT2D eigenvalue weighted by atomic mass is 19.1. The standard InChI is InChI=1S/C12H16FNO2/c1-15-12-3-2-9(13)8-11(12)14-10-4-6-16-7-5-10/h2-3,8,10,14H,4-7H2,1H3. The van der Waals surface area contributed by atoms with Gasteiger partial charge in [-0.3, -0.25) is 0 Å². The fraction of sp³-hybridized carbons (Fsp3) is 0.500. The van der Waals surface area contributed by atoms with Crippen molar-refractivity contribution in [3.8, 4) is 5.75 Å². The number of halogens is 1. The number of nitrogens with one attached hydrogen (secondary N) is 1. The molecule has 1 heterocycles. The Balaban J connectivity index is 2.09. The lowest BCUT2D eigenvalue weighted by Crippen LogP contribution is -2.28. The summed E-state index contributed by atoms with van der Waals surface area (Å²) in [5.74, 6) is 0.420. The largest absolute Gasteiger partial charge is 0.495 e. The van der Waals surface area contributed by atoms with Gasteiger partial charge in [0.15, 0.2) is 0 Å². The number of hydrogen-bond donors (Lipinski definition) is 1. The maximum absolute atomic E-state index is 13.1. The van der Waals surface area contributed by atoms with E-state index >= 15 is 0 Å². The predicted molar refractivity (Wildman–Crippen MR) is 60.4 cm³/mol. The number of rotatable bonds is 3. The zero-order valence-electron chi connectivity index (χ0n) is 9.33. The highest BCUT2D eigenvalue weighted by molar-refractivity contribution is 5.57. The van der Waals surface area contributed by atoms with Crippen LogP contribution >= 0.6 is 0 Å². The number of benzene rings is 1. The minimum atomic E-state index is -0.254. The number of hydrogen-bond acceptors (Lipinski definition) is 3. The van der Waals surface area contributed by atoms with Crippen molar-refractivity contribution in [1.29, 1.82) is 0 Å². The van der Waals surface area contributed by atoms with Gasteiger partial charge in [-0.2, -0.15) is 0 Å². The van der Waals surface area contributed by atoms with Crippen LogP contribution in [0.1, 0.15) is 12.8 Å². The van der Waals surface area contributed by atoms with Crippen molar-refractivity contribution in [1.82, 2.24) is 0 Å². The first-order valence-corrected chi connectivity index (χ1v) is 5.47. The summed E-state index contributed by atoms with van der Waals surface area (Å²) in [4.78, 5) is 0. The van der Waals surface area contributed by atoms with Gasteiger partial charge in [-0.1, -0.05) is 0 Å². The Morgan fingerprint density at radius 3 is 2.81 bits per heavy atom. The molecule has 1 fully saturated rings. The van der Waals surface area contributed by atoms with Crippen LogP contribution in [0.3, 0.4) is 0 Å². The predicted octanol–water partition coefficient (Wildman–Crippen LogP) is 2.43. The summed E-state index contributed by atoms with van der Waals surface area (Å²) in [7, 11) is 1.59. The van der Waals surface area contributed by atoms with Gasteiger partial charge in [0, 0.05) is 25.3 Å². The van der Waals surface area contributed by atoms with Gasteiger partial charge in [0.25, 0.3) is 0 Å². The van der Waals surface area contributed by atoms with Crippen molar-refractivity contribution in [3.05, 3.63) is 24.0 Å². The van der Waals surface area contributed by atoms with Crippen molar-refractivity contribution < 1.29 is 13.9 Å². The highest BCUT2D eigenvalue weighted by Crippen LogP contribution is 2.27. The van der Waals surface area contributed by atoms with E-state index in [1.54, 1.807) is 13.2 Å². The second kappa shape index (κ2) is 5.16. The lowest BCUT2D eigenvalue weighted by Gasteiger charge is -2.25. The summed E-state index contributed by atoms with van der Waals surface area (Å²) in [6.07, 6.45) is 1.89. The first-order chi connectivity index (χ1) is 7.79. The van der Waals surface area contributed by atoms with Crippen LogP contribution in [0.2, 0.25) is 0 Å². The molecule has 0 amide bonds. The summed E-state index contributed by atoms with van der Waals surface area (Å²) < 4.78 is 23.6. The van der Waals surface area contributed by atoms with Crippen molar-refractivity contribution in [2.45, 2.75) is 18.9 Å². The minimum Gasteiger partial charge on any atom is -0.495 e. The van der Waals surface area contributed by atoms with E-state index < -0.39 is 0 Å². The van der Waals surface area contributed by atoms with Gasteiger partial charge >= 0.3 is 0 Å². The van der Waals surface area contributed by atoms with Crippen LogP contribution in [0.5, 0.6) is 5.75 Å². The smallest absolute Gasteiger partial charge is 0.142 e. The van der Waals surface area contributed by atoms with Crippen LogP contribution in [0, 0.1) is 5.82 Å². The Bertz CT molecular complexity index is 351. The van der Waals surface area contributed by atoms with E-state index in [1.165, 1.54) is 12.1 Å². The molecule has 1 aliphatic heterocycles. The van der Waals surface area contributed by atoms with Crippen molar-refractivity contribution in [2.75, 3.05) is 25.6 Å². The summed E-state index contributed by atoms with van der Waals surface area (Å²) in [5, 5.41) is 3.30. The second-order valence-corrected chi connectivity index (χ2v) is 3.88. The van der Waals surface area contributed by atoms with Gasteiger partial charge in [0.2, 0.25) is 0 Å². The SMILES string of the molecule is COc1ccc(F)cc1NC1CCOCC1. The zero-order valence-corrected chi connectivity index (χ0v) is 9.33. The number of ether oxygens (including phenoxy) is 2. The maximum Gasteiger partial charge on any atom is 0.142 e. The Morgan fingerprint density at radius 2 is 2.12 bits per heavy atom. The molecule has 16 heavy (non-hydrogen) atoms. The Morgan fingerprint density at radius 1 is 1.38 bits per heavy atom. The molecular formula is C12H16FNO2. The van der Waals surface area contributed by atoms with Gasteiger partial charge in [0.1, 0.15) is 11.6 Å². The van der Waals surface area contributed by atoms with Crippen molar-refractivity contribution >= 4 is 5.69 Å². The van der Waals surface area contributed by atoms with E-state index in [2.05, 4.69) is 5.32 Å². The molecule has 1 aliphatic rings. The molecule has 0 aromatic heterocycles. The summed E-state index contributed by atoms with van der Waals surface area (Å²) in [5.41, 5.74) is 0.717. The average Bonchev–Trinajstić information content (AvgIpc) is 2.31. The van der Waals surface area contributed by atoms with Crippen LogP contribution in [0.25, 0.3) is 0 Å². The van der Waals surface area contributed by atoms with Crippen LogP contribution in [0.4, 0.5) is 10.1 Å². The first-order valence-electron chi connectivity index (χ1n) is 5.47. The molecule has 88 valence electrons. The molecular weight excluding hydrogens is 209 g/mol. The van der Waals surface area contributed by atoms with Gasteiger partial charge in [-0.05, 0) is 25.0 Å². The molecule has 2 rings (SSSR count). The molecule has 0 bridgehead atoms. The average molecular weight is 225 g/mol. The maximum atomic E-state index is 13.1. The first kappa shape index (κ1) is 11.2. The number of methoxy groups -OCH3 is 1. The summed E-state index contributed by atoms with van der Waals surface area (Å²) >= 11 is 0. The molecule has 1 saturated heterocycles. The molecule has 0 atom stereocenters. The van der Waals surface area contributed by atoms with E-state index in [1.807, 2.05) is 0 Å². The third kappa shape index (κ3) is 2.64. The minimum absolute atomic E-state index is 0.254. The third-order valence-electron chi connectivity index (χ3n) is 2.74. The zero-order chi connectivity index (χ0) is 11.4. The Hall–Kier alpha value is -1.29. The van der Waals surface area contributed by atoms with Crippen molar-refractivity contribution in [2.24, 2.45) is 0 Å². The molecule has 3 nitrogen and oxygen atoms in total. The fourth-order valence-electron chi connectivity index (χ4n) is 1.85. The number of anilines is 1. The van der Waals surface area contributed by atoms with Crippen molar-refractivity contribution in [3.63, 3.8) is 0 Å². The van der Waals surface area contributed by atoms with Gasteiger partial charge in [-0.25, -0.2) is 4.39 Å². The molecule has 0 aliphatic carbocycles. The summed E-state index contributed by atoms with van der Waals surface area (Å²) in [6, 6.07) is 4.84. The topological polar surface area (TPSA) is 30.5 Å². The van der Waals surface area contributed by atoms with E-state index in [0.29, 0.717) is 11.8 Å². The Kier molecular flexibility index (Phi) is 3.62. The van der Waals surface area contributed by atoms with Gasteiger partial charge in [-0.15, -0.1) is 0 Å². The van der Waals surface area contributed by atoms with Gasteiger partial charge < -0.3 is 14.8 Å². The van der Waals surface area contributed by atoms with Gasteiger partial charge in [0.05, 0.1) is 12.8 Å². The quantitative estimate of drug-likeness (QED) is 0.857. The highest BCUT2D eigenvalue weighted by Gasteiger charge is 2.15.